The van der Waals surface area contributed by atoms with Crippen molar-refractivity contribution in [3.63, 3.8) is 0 Å². The number of imidazole rings is 1. The van der Waals surface area contributed by atoms with Crippen molar-refractivity contribution in [3.05, 3.63) is 70.9 Å². The minimum absolute atomic E-state index is 0.168. The van der Waals surface area contributed by atoms with Crippen molar-refractivity contribution in [1.29, 1.82) is 0 Å². The number of carbonyl (C=O) groups excluding carboxylic acids is 2. The third-order valence-corrected chi connectivity index (χ3v) is 3.83. The Morgan fingerprint density at radius 2 is 1.96 bits per heavy atom. The molecule has 0 radical (unpaired) electrons. The number of hydrogen-bond acceptors (Lipinski definition) is 4. The molecule has 2 aromatic heterocycles. The predicted octanol–water partition coefficient (Wildman–Crippen LogP) is 3.60. The van der Waals surface area contributed by atoms with Crippen LogP contribution in [0.5, 0.6) is 0 Å². The minimum atomic E-state index is -1.72. The molecule has 0 aliphatic carbocycles. The first-order valence-corrected chi connectivity index (χ1v) is 8.15. The molecule has 0 unspecified atom stereocenters. The number of hydrogen-bond donors (Lipinski definition) is 1. The number of rotatable bonds is 5. The molecule has 1 aromatic carbocycles. The van der Waals surface area contributed by atoms with Crippen molar-refractivity contribution in [2.75, 3.05) is 11.9 Å². The van der Waals surface area contributed by atoms with Crippen LogP contribution in [0.2, 0.25) is 5.15 Å². The van der Waals surface area contributed by atoms with E-state index in [9.17, 15) is 22.8 Å². The summed E-state index contributed by atoms with van der Waals surface area (Å²) in [6, 6.07) is 6.75. The molecule has 10 heteroatoms. The van der Waals surface area contributed by atoms with Gasteiger partial charge in [-0.25, -0.2) is 22.9 Å². The predicted molar refractivity (Wildman–Crippen MR) is 95.1 cm³/mol. The zero-order chi connectivity index (χ0) is 20.3. The molecule has 0 bridgehead atoms. The number of nitrogens with zero attached hydrogens (tertiary/aromatic N) is 2. The van der Waals surface area contributed by atoms with Gasteiger partial charge in [0, 0.05) is 12.3 Å². The number of benzene rings is 1. The van der Waals surface area contributed by atoms with E-state index < -0.39 is 41.6 Å². The summed E-state index contributed by atoms with van der Waals surface area (Å²) in [5.41, 5.74) is 0.434. The van der Waals surface area contributed by atoms with Crippen molar-refractivity contribution in [2.24, 2.45) is 0 Å². The quantitative estimate of drug-likeness (QED) is 0.397. The third-order valence-electron chi connectivity index (χ3n) is 3.55. The fourth-order valence-electron chi connectivity index (χ4n) is 2.28. The van der Waals surface area contributed by atoms with Crippen molar-refractivity contribution >= 4 is 40.9 Å². The van der Waals surface area contributed by atoms with Gasteiger partial charge in [0.2, 0.25) is 0 Å². The summed E-state index contributed by atoms with van der Waals surface area (Å²) < 4.78 is 45.8. The van der Waals surface area contributed by atoms with Crippen LogP contribution in [0.4, 0.5) is 18.9 Å². The highest BCUT2D eigenvalue weighted by molar-refractivity contribution is 6.31. The molecule has 0 saturated carbocycles. The smallest absolute Gasteiger partial charge is 0.331 e. The second kappa shape index (κ2) is 8.13. The average molecular weight is 410 g/mol. The number of pyridine rings is 1. The van der Waals surface area contributed by atoms with Gasteiger partial charge in [0.25, 0.3) is 5.91 Å². The standard InChI is InChI=1S/C18H11ClF3N3O3/c19-18-12(25-8-2-1-3-13(25)24-18)6-7-15(27)28-9-14(26)23-11-5-4-10(20)16(21)17(11)22/h1-8H,9H2,(H,23,26)/b7-6+. The molecule has 1 N–H and O–H groups in total. The summed E-state index contributed by atoms with van der Waals surface area (Å²) in [6.45, 7) is -0.761. The van der Waals surface area contributed by atoms with Crippen LogP contribution in [-0.4, -0.2) is 27.9 Å². The Hall–Kier alpha value is -3.33. The van der Waals surface area contributed by atoms with E-state index in [1.165, 1.54) is 6.08 Å². The Kier molecular flexibility index (Phi) is 5.65. The Bertz CT molecular complexity index is 1100. The van der Waals surface area contributed by atoms with E-state index in [1.54, 1.807) is 28.8 Å². The molecule has 6 nitrogen and oxygen atoms in total. The summed E-state index contributed by atoms with van der Waals surface area (Å²) >= 11 is 6.02. The number of halogens is 4. The van der Waals surface area contributed by atoms with Gasteiger partial charge in [-0.1, -0.05) is 17.7 Å². The molecule has 3 aromatic rings. The Morgan fingerprint density at radius 3 is 2.75 bits per heavy atom. The number of amides is 1. The van der Waals surface area contributed by atoms with Gasteiger partial charge >= 0.3 is 5.97 Å². The number of esters is 1. The van der Waals surface area contributed by atoms with Crippen LogP contribution in [0.25, 0.3) is 11.7 Å². The van der Waals surface area contributed by atoms with Crippen LogP contribution in [0.3, 0.4) is 0 Å². The van der Waals surface area contributed by atoms with Gasteiger partial charge in [-0.05, 0) is 30.3 Å². The Balaban J connectivity index is 1.59. The lowest BCUT2D eigenvalue weighted by Crippen LogP contribution is -2.21. The summed E-state index contributed by atoms with van der Waals surface area (Å²) in [5.74, 6) is -6.47. The van der Waals surface area contributed by atoms with Crippen molar-refractivity contribution in [2.45, 2.75) is 0 Å². The molecule has 0 aliphatic heterocycles. The summed E-state index contributed by atoms with van der Waals surface area (Å²) in [7, 11) is 0. The van der Waals surface area contributed by atoms with Crippen molar-refractivity contribution in [3.8, 4) is 0 Å². The number of aromatic nitrogens is 2. The normalized spacial score (nSPS) is 11.1. The van der Waals surface area contributed by atoms with E-state index in [0.717, 1.165) is 12.1 Å². The van der Waals surface area contributed by atoms with Gasteiger partial charge in [0.1, 0.15) is 5.65 Å². The fraction of sp³-hybridized carbons (Fsp3) is 0.0556. The lowest BCUT2D eigenvalue weighted by molar-refractivity contribution is -0.142. The SMILES string of the molecule is O=C(COC(=O)/C=C/c1c(Cl)nc2ccccn12)Nc1ccc(F)c(F)c1F. The number of anilines is 1. The fourth-order valence-corrected chi connectivity index (χ4v) is 2.52. The van der Waals surface area contributed by atoms with Crippen LogP contribution in [0, 0.1) is 17.5 Å². The van der Waals surface area contributed by atoms with Crippen LogP contribution >= 0.6 is 11.6 Å². The summed E-state index contributed by atoms with van der Waals surface area (Å²) in [6.07, 6.45) is 4.09. The molecule has 1 amide bonds. The molecular weight excluding hydrogens is 399 g/mol. The molecule has 144 valence electrons. The highest BCUT2D eigenvalue weighted by atomic mass is 35.5. The zero-order valence-corrected chi connectivity index (χ0v) is 14.7. The minimum Gasteiger partial charge on any atom is -0.452 e. The second-order valence-corrected chi connectivity index (χ2v) is 5.79. The van der Waals surface area contributed by atoms with Crippen molar-refractivity contribution < 1.29 is 27.5 Å². The summed E-state index contributed by atoms with van der Waals surface area (Å²) in [4.78, 5) is 27.6. The van der Waals surface area contributed by atoms with Crippen LogP contribution in [0.1, 0.15) is 5.69 Å². The lowest BCUT2D eigenvalue weighted by Gasteiger charge is -2.07. The molecule has 0 atom stereocenters. The Morgan fingerprint density at radius 1 is 1.18 bits per heavy atom. The van der Waals surface area contributed by atoms with E-state index in [4.69, 9.17) is 16.3 Å². The third kappa shape index (κ3) is 4.15. The van der Waals surface area contributed by atoms with E-state index in [-0.39, 0.29) is 5.15 Å². The van der Waals surface area contributed by atoms with Gasteiger partial charge in [0.05, 0.1) is 11.4 Å². The van der Waals surface area contributed by atoms with Crippen LogP contribution in [-0.2, 0) is 14.3 Å². The molecule has 0 spiro atoms. The first-order chi connectivity index (χ1) is 13.4. The van der Waals surface area contributed by atoms with Gasteiger partial charge in [-0.3, -0.25) is 9.20 Å². The number of nitrogens with one attached hydrogen (secondary N) is 1. The van der Waals surface area contributed by atoms with Crippen LogP contribution < -0.4 is 5.32 Å². The van der Waals surface area contributed by atoms with Crippen molar-refractivity contribution in [1.82, 2.24) is 9.38 Å². The van der Waals surface area contributed by atoms with E-state index >= 15 is 0 Å². The molecule has 3 rings (SSSR count). The first-order valence-electron chi connectivity index (χ1n) is 7.77. The van der Waals surface area contributed by atoms with E-state index in [2.05, 4.69) is 4.98 Å². The van der Waals surface area contributed by atoms with Gasteiger partial charge < -0.3 is 10.1 Å². The maximum atomic E-state index is 13.5. The van der Waals surface area contributed by atoms with Crippen LogP contribution in [0.15, 0.2) is 42.6 Å². The lowest BCUT2D eigenvalue weighted by atomic mass is 10.3. The first kappa shape index (κ1) is 19.4. The number of fused-ring (bicyclic) bond motifs is 1. The number of carbonyl (C=O) groups is 2. The maximum Gasteiger partial charge on any atom is 0.331 e. The van der Waals surface area contributed by atoms with E-state index in [0.29, 0.717) is 17.4 Å². The zero-order valence-electron chi connectivity index (χ0n) is 14.0. The monoisotopic (exact) mass is 409 g/mol. The average Bonchev–Trinajstić information content (AvgIpc) is 3.00. The van der Waals surface area contributed by atoms with E-state index in [1.807, 2.05) is 5.32 Å². The molecule has 0 saturated heterocycles. The molecule has 28 heavy (non-hydrogen) atoms. The summed E-state index contributed by atoms with van der Waals surface area (Å²) in [5, 5.41) is 2.15. The molecule has 0 aliphatic rings. The Labute approximate surface area is 161 Å². The highest BCUT2D eigenvalue weighted by Gasteiger charge is 2.16. The highest BCUT2D eigenvalue weighted by Crippen LogP contribution is 2.20. The topological polar surface area (TPSA) is 72.7 Å². The number of ether oxygens (including phenoxy) is 1. The largest absolute Gasteiger partial charge is 0.452 e. The maximum absolute atomic E-state index is 13.5. The van der Waals surface area contributed by atoms with Gasteiger partial charge in [-0.15, -0.1) is 0 Å². The van der Waals surface area contributed by atoms with Gasteiger partial charge in [0.15, 0.2) is 29.2 Å². The van der Waals surface area contributed by atoms with Gasteiger partial charge in [-0.2, -0.15) is 0 Å². The molecule has 0 fully saturated rings. The molecular formula is C18H11ClF3N3O3. The molecule has 2 heterocycles. The second-order valence-electron chi connectivity index (χ2n) is 5.43.